The van der Waals surface area contributed by atoms with E-state index in [1.807, 2.05) is 23.6 Å². The number of ether oxygens (including phenoxy) is 2. The molecule has 2 amide bonds. The minimum absolute atomic E-state index is 0.0499. The number of benzene rings is 1. The van der Waals surface area contributed by atoms with E-state index in [4.69, 9.17) is 9.47 Å². The molecule has 30 heavy (non-hydrogen) atoms. The summed E-state index contributed by atoms with van der Waals surface area (Å²) in [5.74, 6) is 0.218. The van der Waals surface area contributed by atoms with E-state index in [1.165, 1.54) is 17.5 Å². The Morgan fingerprint density at radius 1 is 1.17 bits per heavy atom. The monoisotopic (exact) mass is 424 g/mol. The molecule has 1 N–H and O–H groups in total. The predicted molar refractivity (Wildman–Crippen MR) is 113 cm³/mol. The van der Waals surface area contributed by atoms with Crippen LogP contribution >= 0.6 is 11.3 Å². The van der Waals surface area contributed by atoms with E-state index in [2.05, 4.69) is 15.3 Å². The van der Waals surface area contributed by atoms with Gasteiger partial charge in [0, 0.05) is 36.4 Å². The molecule has 2 aromatic heterocycles. The van der Waals surface area contributed by atoms with Gasteiger partial charge in [-0.2, -0.15) is 0 Å². The summed E-state index contributed by atoms with van der Waals surface area (Å²) in [6.45, 7) is 2.21. The topological polar surface area (TPSA) is 93.6 Å². The van der Waals surface area contributed by atoms with Gasteiger partial charge in [-0.25, -0.2) is 4.98 Å². The molecule has 1 saturated heterocycles. The van der Waals surface area contributed by atoms with Crippen LogP contribution in [0.25, 0.3) is 11.3 Å². The molecular weight excluding hydrogens is 404 g/mol. The molecule has 3 aromatic rings. The van der Waals surface area contributed by atoms with Crippen LogP contribution in [0, 0.1) is 0 Å². The molecule has 0 atom stereocenters. The molecule has 8 nitrogen and oxygen atoms in total. The molecule has 1 aromatic carbocycles. The molecular formula is C21H20N4O4S. The minimum Gasteiger partial charge on any atom is -0.483 e. The number of carbonyl (C=O) groups excluding carboxylic acids is 2. The molecule has 0 radical (unpaired) electrons. The van der Waals surface area contributed by atoms with Crippen LogP contribution in [0.1, 0.15) is 10.4 Å². The first-order valence-electron chi connectivity index (χ1n) is 9.45. The molecule has 4 rings (SSSR count). The second-order valence-electron chi connectivity index (χ2n) is 6.51. The number of rotatable bonds is 6. The van der Waals surface area contributed by atoms with Gasteiger partial charge < -0.3 is 14.4 Å². The van der Waals surface area contributed by atoms with Gasteiger partial charge in [0.25, 0.3) is 11.8 Å². The number of morpholine rings is 1. The first-order chi connectivity index (χ1) is 14.7. The van der Waals surface area contributed by atoms with Gasteiger partial charge in [0.05, 0.1) is 24.5 Å². The van der Waals surface area contributed by atoms with Gasteiger partial charge in [-0.15, -0.1) is 11.3 Å². The normalized spacial score (nSPS) is 13.7. The second kappa shape index (κ2) is 9.47. The Kier molecular flexibility index (Phi) is 6.31. The molecule has 154 valence electrons. The number of anilines is 1. The highest BCUT2D eigenvalue weighted by Gasteiger charge is 2.18. The average Bonchev–Trinajstić information content (AvgIpc) is 3.27. The maximum Gasteiger partial charge on any atom is 0.260 e. The standard InChI is InChI=1S/C21H20N4O4S/c26-19(25-8-10-28-11-9-25)13-29-18-6-2-1-5-16(18)17-14-30-21(23-17)24-20(27)15-4-3-7-22-12-15/h1-7,12,14H,8-11,13H2,(H,23,24,27). The van der Waals surface area contributed by atoms with Gasteiger partial charge >= 0.3 is 0 Å². The summed E-state index contributed by atoms with van der Waals surface area (Å²) >= 11 is 1.32. The Balaban J connectivity index is 1.43. The maximum absolute atomic E-state index is 12.4. The highest BCUT2D eigenvalue weighted by atomic mass is 32.1. The summed E-state index contributed by atoms with van der Waals surface area (Å²) in [4.78, 5) is 34.8. The molecule has 3 heterocycles. The lowest BCUT2D eigenvalue weighted by Crippen LogP contribution is -2.43. The van der Waals surface area contributed by atoms with E-state index < -0.39 is 0 Å². The lowest BCUT2D eigenvalue weighted by molar-refractivity contribution is -0.137. The number of pyridine rings is 1. The zero-order valence-corrected chi connectivity index (χ0v) is 16.9. The van der Waals surface area contributed by atoms with E-state index in [0.29, 0.717) is 48.4 Å². The van der Waals surface area contributed by atoms with E-state index in [-0.39, 0.29) is 18.4 Å². The van der Waals surface area contributed by atoms with Crippen molar-refractivity contribution in [1.82, 2.24) is 14.9 Å². The number of nitrogens with zero attached hydrogens (tertiary/aromatic N) is 3. The molecule has 0 unspecified atom stereocenters. The molecule has 1 aliphatic rings. The molecule has 9 heteroatoms. The van der Waals surface area contributed by atoms with Crippen molar-refractivity contribution in [3.8, 4) is 17.0 Å². The largest absolute Gasteiger partial charge is 0.483 e. The lowest BCUT2D eigenvalue weighted by atomic mass is 10.1. The van der Waals surface area contributed by atoms with Crippen LogP contribution in [-0.4, -0.2) is 59.6 Å². The Morgan fingerprint density at radius 3 is 2.80 bits per heavy atom. The van der Waals surface area contributed by atoms with Crippen molar-refractivity contribution < 1.29 is 19.1 Å². The van der Waals surface area contributed by atoms with Crippen LogP contribution in [0.2, 0.25) is 0 Å². The van der Waals surface area contributed by atoms with Crippen molar-refractivity contribution in [2.45, 2.75) is 0 Å². The Labute approximate surface area is 177 Å². The molecule has 0 bridgehead atoms. The second-order valence-corrected chi connectivity index (χ2v) is 7.37. The summed E-state index contributed by atoms with van der Waals surface area (Å²) < 4.78 is 11.1. The van der Waals surface area contributed by atoms with E-state index in [1.54, 1.807) is 29.3 Å². The number of thiazole rings is 1. The Morgan fingerprint density at radius 2 is 2.00 bits per heavy atom. The quantitative estimate of drug-likeness (QED) is 0.654. The first kappa shape index (κ1) is 20.0. The minimum atomic E-state index is -0.273. The molecule has 0 aliphatic carbocycles. The van der Waals surface area contributed by atoms with Gasteiger partial charge in [-0.3, -0.25) is 19.9 Å². The number of amides is 2. The number of hydrogen-bond acceptors (Lipinski definition) is 7. The third-order valence-corrected chi connectivity index (χ3v) is 5.28. The number of hydrogen-bond donors (Lipinski definition) is 1. The third kappa shape index (κ3) is 4.81. The zero-order chi connectivity index (χ0) is 20.8. The molecule has 0 spiro atoms. The van der Waals surface area contributed by atoms with Crippen molar-refractivity contribution in [3.63, 3.8) is 0 Å². The van der Waals surface area contributed by atoms with E-state index >= 15 is 0 Å². The highest BCUT2D eigenvalue weighted by Crippen LogP contribution is 2.32. The number of para-hydroxylation sites is 1. The van der Waals surface area contributed by atoms with Crippen LogP contribution in [-0.2, 0) is 9.53 Å². The fraction of sp³-hybridized carbons (Fsp3) is 0.238. The number of carbonyl (C=O) groups is 2. The first-order valence-corrected chi connectivity index (χ1v) is 10.3. The SMILES string of the molecule is O=C(Nc1nc(-c2ccccc2OCC(=O)N2CCOCC2)cs1)c1cccnc1. The van der Waals surface area contributed by atoms with Gasteiger partial charge in [0.15, 0.2) is 11.7 Å². The van der Waals surface area contributed by atoms with Crippen molar-refractivity contribution >= 4 is 28.3 Å². The van der Waals surface area contributed by atoms with Crippen LogP contribution < -0.4 is 10.1 Å². The molecule has 0 saturated carbocycles. The number of aromatic nitrogens is 2. The van der Waals surface area contributed by atoms with Crippen LogP contribution in [0.3, 0.4) is 0 Å². The molecule has 1 fully saturated rings. The van der Waals surface area contributed by atoms with Crippen LogP contribution in [0.4, 0.5) is 5.13 Å². The fourth-order valence-electron chi connectivity index (χ4n) is 2.97. The smallest absolute Gasteiger partial charge is 0.260 e. The fourth-order valence-corrected chi connectivity index (χ4v) is 3.67. The summed E-state index contributed by atoms with van der Waals surface area (Å²) in [7, 11) is 0. The third-order valence-electron chi connectivity index (χ3n) is 4.53. The lowest BCUT2D eigenvalue weighted by Gasteiger charge is -2.26. The maximum atomic E-state index is 12.4. The van der Waals surface area contributed by atoms with Crippen molar-refractivity contribution in [3.05, 3.63) is 59.7 Å². The van der Waals surface area contributed by atoms with Crippen molar-refractivity contribution in [1.29, 1.82) is 0 Å². The van der Waals surface area contributed by atoms with Gasteiger partial charge in [-0.1, -0.05) is 12.1 Å². The Hall–Kier alpha value is -3.30. The summed E-state index contributed by atoms with van der Waals surface area (Å²) in [6.07, 6.45) is 3.11. The van der Waals surface area contributed by atoms with Gasteiger partial charge in [0.1, 0.15) is 5.75 Å². The van der Waals surface area contributed by atoms with Crippen LogP contribution in [0.15, 0.2) is 54.2 Å². The summed E-state index contributed by atoms with van der Waals surface area (Å²) in [5.41, 5.74) is 1.88. The number of nitrogens with one attached hydrogen (secondary N) is 1. The summed E-state index contributed by atoms with van der Waals surface area (Å²) in [5, 5.41) is 5.08. The summed E-state index contributed by atoms with van der Waals surface area (Å²) in [6, 6.07) is 10.8. The van der Waals surface area contributed by atoms with Crippen molar-refractivity contribution in [2.75, 3.05) is 38.2 Å². The Bertz CT molecular complexity index is 1020. The van der Waals surface area contributed by atoms with E-state index in [9.17, 15) is 9.59 Å². The van der Waals surface area contributed by atoms with Crippen molar-refractivity contribution in [2.24, 2.45) is 0 Å². The van der Waals surface area contributed by atoms with E-state index in [0.717, 1.165) is 5.56 Å². The van der Waals surface area contributed by atoms with Gasteiger partial charge in [-0.05, 0) is 24.3 Å². The molecule has 1 aliphatic heterocycles. The van der Waals surface area contributed by atoms with Gasteiger partial charge in [0.2, 0.25) is 0 Å². The predicted octanol–water partition coefficient (Wildman–Crippen LogP) is 2.70. The van der Waals surface area contributed by atoms with Crippen LogP contribution in [0.5, 0.6) is 5.75 Å². The zero-order valence-electron chi connectivity index (χ0n) is 16.1. The highest BCUT2D eigenvalue weighted by molar-refractivity contribution is 7.14. The average molecular weight is 424 g/mol.